The van der Waals surface area contributed by atoms with Crippen LogP contribution < -0.4 is 0 Å². The molecule has 0 amide bonds. The molecule has 4 rings (SSSR count). The number of hydrogen-bond acceptors (Lipinski definition) is 2. The van der Waals surface area contributed by atoms with Gasteiger partial charge in [0.2, 0.25) is 0 Å². The first-order valence-electron chi connectivity index (χ1n) is 10.8. The van der Waals surface area contributed by atoms with Gasteiger partial charge in [-0.05, 0) is 106 Å². The summed E-state index contributed by atoms with van der Waals surface area (Å²) in [4.78, 5) is 2.09. The van der Waals surface area contributed by atoms with Crippen molar-refractivity contribution in [1.82, 2.24) is 0 Å². The van der Waals surface area contributed by atoms with Crippen LogP contribution in [0.4, 0.5) is 0 Å². The maximum absolute atomic E-state index is 4.79. The molecule has 0 spiro atoms. The molecule has 0 saturated heterocycles. The van der Waals surface area contributed by atoms with Crippen LogP contribution in [0.5, 0.6) is 0 Å². The van der Waals surface area contributed by atoms with E-state index in [4.69, 9.17) is 25.3 Å². The van der Waals surface area contributed by atoms with Gasteiger partial charge in [0.05, 0.1) is 0 Å². The van der Waals surface area contributed by atoms with E-state index in [2.05, 4.69) is 87.7 Å². The first-order chi connectivity index (χ1) is 15.4. The van der Waals surface area contributed by atoms with Gasteiger partial charge in [-0.15, -0.1) is 38.4 Å². The first-order valence-corrected chi connectivity index (χ1v) is 11.7. The molecule has 0 aliphatic rings. The third-order valence-electron chi connectivity index (χ3n) is 6.09. The van der Waals surface area contributed by atoms with Gasteiger partial charge in [-0.2, -0.15) is 0 Å². The highest BCUT2D eigenvalue weighted by Gasteiger charge is 2.08. The molecule has 0 aliphatic heterocycles. The molecule has 2 heteroatoms. The second-order valence-electron chi connectivity index (χ2n) is 8.33. The molecule has 32 heavy (non-hydrogen) atoms. The van der Waals surface area contributed by atoms with E-state index in [0.717, 1.165) is 22.6 Å². The Kier molecular flexibility index (Phi) is 6.64. The first kappa shape index (κ1) is 22.5. The van der Waals surface area contributed by atoms with Crippen molar-refractivity contribution in [3.05, 3.63) is 107 Å². The minimum absolute atomic E-state index is 0.833. The summed E-state index contributed by atoms with van der Waals surface area (Å²) >= 11 is 9.58. The van der Waals surface area contributed by atoms with Crippen molar-refractivity contribution in [3.8, 4) is 0 Å². The van der Waals surface area contributed by atoms with Crippen LogP contribution in [0.15, 0.2) is 83.6 Å². The molecular formula is C30H28S2. The van der Waals surface area contributed by atoms with Crippen LogP contribution in [0.25, 0.3) is 33.7 Å². The van der Waals surface area contributed by atoms with E-state index in [1.807, 2.05) is 12.2 Å². The second kappa shape index (κ2) is 9.44. The summed E-state index contributed by atoms with van der Waals surface area (Å²) in [5.74, 6) is 0. The van der Waals surface area contributed by atoms with Crippen LogP contribution in [0.3, 0.4) is 0 Å². The number of thiol groups is 2. The van der Waals surface area contributed by atoms with Crippen molar-refractivity contribution in [2.75, 3.05) is 0 Å². The van der Waals surface area contributed by atoms with Crippen molar-refractivity contribution < 1.29 is 0 Å². The lowest BCUT2D eigenvalue weighted by molar-refractivity contribution is 1.21. The zero-order valence-electron chi connectivity index (χ0n) is 18.7. The van der Waals surface area contributed by atoms with Crippen LogP contribution in [0.2, 0.25) is 0 Å². The Morgan fingerprint density at radius 2 is 1.06 bits per heavy atom. The molecule has 4 aromatic rings. The Labute approximate surface area is 202 Å². The topological polar surface area (TPSA) is 0 Å². The summed E-state index contributed by atoms with van der Waals surface area (Å²) < 4.78 is 0. The lowest BCUT2D eigenvalue weighted by atomic mass is 9.96. The Hall–Kier alpha value is -2.68. The highest BCUT2D eigenvalue weighted by Crippen LogP contribution is 2.32. The van der Waals surface area contributed by atoms with E-state index in [0.29, 0.717) is 0 Å². The molecule has 0 nitrogen and oxygen atoms in total. The van der Waals surface area contributed by atoms with Crippen molar-refractivity contribution in [3.63, 3.8) is 0 Å². The summed E-state index contributed by atoms with van der Waals surface area (Å²) in [6, 6.07) is 17.7. The van der Waals surface area contributed by atoms with E-state index in [1.54, 1.807) is 0 Å². The van der Waals surface area contributed by atoms with E-state index >= 15 is 0 Å². The molecule has 0 radical (unpaired) electrons. The Balaban J connectivity index is 1.73. The van der Waals surface area contributed by atoms with E-state index in [1.165, 1.54) is 54.9 Å². The van der Waals surface area contributed by atoms with Crippen LogP contribution in [-0.2, 0) is 12.8 Å². The minimum atomic E-state index is 0.833. The molecule has 0 bridgehead atoms. The van der Waals surface area contributed by atoms with Gasteiger partial charge in [0.25, 0.3) is 0 Å². The van der Waals surface area contributed by atoms with Gasteiger partial charge in [-0.3, -0.25) is 0 Å². The summed E-state index contributed by atoms with van der Waals surface area (Å²) in [6.45, 7) is 12.0. The lowest BCUT2D eigenvalue weighted by Gasteiger charge is -2.11. The molecule has 0 heterocycles. The lowest BCUT2D eigenvalue weighted by Crippen LogP contribution is -1.90. The fourth-order valence-electron chi connectivity index (χ4n) is 4.23. The van der Waals surface area contributed by atoms with Gasteiger partial charge in [0.1, 0.15) is 0 Å². The predicted octanol–water partition coefficient (Wildman–Crippen LogP) is 8.81. The van der Waals surface area contributed by atoms with Crippen LogP contribution in [0, 0.1) is 13.8 Å². The third-order valence-corrected chi connectivity index (χ3v) is 7.15. The number of rotatable bonds is 6. The summed E-state index contributed by atoms with van der Waals surface area (Å²) in [5, 5.41) is 4.80. The quantitative estimate of drug-likeness (QED) is 0.163. The SMILES string of the molecule is C=CCc1ccc2cc(C=Cc3cc4ccc(CC=C)c(S)c4cc3C)c(C)cc2c1S. The van der Waals surface area contributed by atoms with Gasteiger partial charge < -0.3 is 0 Å². The Morgan fingerprint density at radius 3 is 1.44 bits per heavy atom. The molecule has 4 aromatic carbocycles. The van der Waals surface area contributed by atoms with Gasteiger partial charge in [0, 0.05) is 9.79 Å². The van der Waals surface area contributed by atoms with Crippen molar-refractivity contribution >= 4 is 59.0 Å². The molecule has 0 saturated carbocycles. The molecule has 0 N–H and O–H groups in total. The smallest absolute Gasteiger partial charge is 0.0154 e. The fourth-order valence-corrected chi connectivity index (χ4v) is 4.95. The molecule has 0 unspecified atom stereocenters. The highest BCUT2D eigenvalue weighted by atomic mass is 32.1. The molecule has 0 fully saturated rings. The average molecular weight is 453 g/mol. The van der Waals surface area contributed by atoms with Crippen LogP contribution >= 0.6 is 25.3 Å². The third kappa shape index (κ3) is 4.30. The Bertz CT molecular complexity index is 1280. The van der Waals surface area contributed by atoms with E-state index < -0.39 is 0 Å². The zero-order valence-corrected chi connectivity index (χ0v) is 20.4. The number of aryl methyl sites for hydroxylation is 2. The van der Waals surface area contributed by atoms with Crippen molar-refractivity contribution in [1.29, 1.82) is 0 Å². The van der Waals surface area contributed by atoms with Crippen LogP contribution in [0.1, 0.15) is 33.4 Å². The number of fused-ring (bicyclic) bond motifs is 2. The number of hydrogen-bond donors (Lipinski definition) is 2. The highest BCUT2D eigenvalue weighted by molar-refractivity contribution is 7.80. The van der Waals surface area contributed by atoms with Gasteiger partial charge in [-0.1, -0.05) is 48.6 Å². The molecule has 160 valence electrons. The number of allylic oxidation sites excluding steroid dienone is 2. The van der Waals surface area contributed by atoms with E-state index in [9.17, 15) is 0 Å². The maximum atomic E-state index is 4.79. The zero-order chi connectivity index (χ0) is 22.8. The van der Waals surface area contributed by atoms with Gasteiger partial charge >= 0.3 is 0 Å². The average Bonchev–Trinajstić information content (AvgIpc) is 2.77. The Morgan fingerprint density at radius 1 is 0.656 bits per heavy atom. The summed E-state index contributed by atoms with van der Waals surface area (Å²) in [5.41, 5.74) is 7.35. The monoisotopic (exact) mass is 452 g/mol. The van der Waals surface area contributed by atoms with Gasteiger partial charge in [-0.25, -0.2) is 0 Å². The fraction of sp³-hybridized carbons (Fsp3) is 0.133. The van der Waals surface area contributed by atoms with Gasteiger partial charge in [0.15, 0.2) is 0 Å². The summed E-state index contributed by atoms with van der Waals surface area (Å²) in [7, 11) is 0. The molecule has 0 aliphatic carbocycles. The normalized spacial score (nSPS) is 11.5. The molecular weight excluding hydrogens is 424 g/mol. The largest absolute Gasteiger partial charge is 0.142 e. The van der Waals surface area contributed by atoms with Crippen LogP contribution in [-0.4, -0.2) is 0 Å². The predicted molar refractivity (Wildman–Crippen MR) is 149 cm³/mol. The number of benzene rings is 4. The summed E-state index contributed by atoms with van der Waals surface area (Å²) in [6.07, 6.45) is 9.94. The van der Waals surface area contributed by atoms with Crippen molar-refractivity contribution in [2.45, 2.75) is 36.5 Å². The maximum Gasteiger partial charge on any atom is 0.0154 e. The second-order valence-corrected chi connectivity index (χ2v) is 9.22. The standard InChI is InChI=1S/C30H28S2/c1-5-7-21-9-13-25-17-23(19(3)15-27(25)29(21)31)11-12-24-18-26-14-10-22(8-6-2)30(32)28(26)16-20(24)4/h5-6,9-18,31-32H,1-2,7-8H2,3-4H3. The minimum Gasteiger partial charge on any atom is -0.142 e. The van der Waals surface area contributed by atoms with Crippen molar-refractivity contribution in [2.24, 2.45) is 0 Å². The molecule has 0 atom stereocenters. The van der Waals surface area contributed by atoms with E-state index in [-0.39, 0.29) is 0 Å². The molecule has 0 aromatic heterocycles.